The number of ether oxygens (including phenoxy) is 2. The molecule has 13 heteroatoms. The molecule has 12 nitrogen and oxygen atoms in total. The predicted octanol–water partition coefficient (Wildman–Crippen LogP) is 18.5. The van der Waals surface area contributed by atoms with Crippen molar-refractivity contribution < 1.29 is 51.8 Å². The summed E-state index contributed by atoms with van der Waals surface area (Å²) in [6.07, 6.45) is 65.8. The van der Waals surface area contributed by atoms with Crippen LogP contribution in [0.1, 0.15) is 367 Å². The van der Waals surface area contributed by atoms with Gasteiger partial charge >= 0.3 is 10.4 Å². The Labute approximate surface area is 506 Å². The first-order chi connectivity index (χ1) is 40.0. The SMILES string of the molecule is CCCCCCCCCCCCCCCCCCCCCCCCC/C=C/C(O)C(COC1OC(CO)C(O)C(OS(=O)(=O)O)C1O)NC(=O)CCCCCCCCCCCCCCCCCCCCCCCCCCCCCCCC. The van der Waals surface area contributed by atoms with Crippen LogP contribution in [0, 0.1) is 0 Å². The predicted molar refractivity (Wildman–Crippen MR) is 342 cm³/mol. The second-order valence-electron chi connectivity index (χ2n) is 25.2. The van der Waals surface area contributed by atoms with Crippen LogP contribution in [0.25, 0.3) is 0 Å². The van der Waals surface area contributed by atoms with E-state index in [1.807, 2.05) is 6.08 Å². The number of rotatable bonds is 64. The van der Waals surface area contributed by atoms with Crippen LogP contribution < -0.4 is 5.32 Å². The van der Waals surface area contributed by atoms with Gasteiger partial charge < -0.3 is 35.2 Å². The molecular weight excluding hydrogens is 1050 g/mol. The van der Waals surface area contributed by atoms with Crippen LogP contribution in [0.3, 0.4) is 0 Å². The Bertz CT molecular complexity index is 1490. The van der Waals surface area contributed by atoms with Crippen molar-refractivity contribution in [2.24, 2.45) is 0 Å². The Balaban J connectivity index is 2.24. The van der Waals surface area contributed by atoms with E-state index in [2.05, 4.69) is 23.3 Å². The number of carbonyl (C=O) groups excluding carboxylic acids is 1. The molecule has 6 N–H and O–H groups in total. The van der Waals surface area contributed by atoms with Gasteiger partial charge in [-0.1, -0.05) is 353 Å². The highest BCUT2D eigenvalue weighted by Crippen LogP contribution is 2.26. The van der Waals surface area contributed by atoms with Crippen molar-refractivity contribution in [3.05, 3.63) is 12.2 Å². The van der Waals surface area contributed by atoms with E-state index in [1.165, 1.54) is 302 Å². The Kier molecular flexibility index (Phi) is 56.6. The molecule has 1 rings (SSSR count). The number of allylic oxidation sites excluding steroid dienone is 1. The summed E-state index contributed by atoms with van der Waals surface area (Å²) >= 11 is 0. The van der Waals surface area contributed by atoms with Gasteiger partial charge in [0.25, 0.3) is 0 Å². The molecule has 0 saturated carbocycles. The van der Waals surface area contributed by atoms with Crippen molar-refractivity contribution in [2.75, 3.05) is 13.2 Å². The minimum absolute atomic E-state index is 0.252. The van der Waals surface area contributed by atoms with E-state index < -0.39 is 59.9 Å². The summed E-state index contributed by atoms with van der Waals surface area (Å²) in [4.78, 5) is 13.2. The summed E-state index contributed by atoms with van der Waals surface area (Å²) < 4.78 is 48.1. The smallest absolute Gasteiger partial charge is 0.394 e. The van der Waals surface area contributed by atoms with Crippen molar-refractivity contribution in [1.82, 2.24) is 5.32 Å². The van der Waals surface area contributed by atoms with Crippen LogP contribution in [-0.2, 0) is 28.9 Å². The molecule has 7 atom stereocenters. The summed E-state index contributed by atoms with van der Waals surface area (Å²) in [5.74, 6) is -0.252. The van der Waals surface area contributed by atoms with Crippen molar-refractivity contribution in [2.45, 2.75) is 410 Å². The average Bonchev–Trinajstić information content (AvgIpc) is 3.60. The fraction of sp³-hybridized carbons (Fsp3) is 0.957. The Morgan fingerprint density at radius 1 is 0.476 bits per heavy atom. The summed E-state index contributed by atoms with van der Waals surface area (Å²) in [5, 5.41) is 45.2. The van der Waals surface area contributed by atoms with Gasteiger partial charge in [-0.25, -0.2) is 4.18 Å². The lowest BCUT2D eigenvalue weighted by molar-refractivity contribution is -0.298. The lowest BCUT2D eigenvalue weighted by Gasteiger charge is -2.41. The van der Waals surface area contributed by atoms with Crippen molar-refractivity contribution >= 4 is 16.3 Å². The van der Waals surface area contributed by atoms with E-state index in [4.69, 9.17) is 9.47 Å². The highest BCUT2D eigenvalue weighted by atomic mass is 32.3. The third kappa shape index (κ3) is 49.9. The minimum atomic E-state index is -5.09. The first-order valence-corrected chi connectivity index (χ1v) is 36.9. The van der Waals surface area contributed by atoms with Gasteiger partial charge in [0.1, 0.15) is 24.4 Å². The quantitative estimate of drug-likeness (QED) is 0.0193. The van der Waals surface area contributed by atoms with E-state index in [-0.39, 0.29) is 18.9 Å². The molecule has 82 heavy (non-hydrogen) atoms. The maximum atomic E-state index is 13.2. The number of hydrogen-bond acceptors (Lipinski definition) is 10. The van der Waals surface area contributed by atoms with E-state index in [9.17, 15) is 38.2 Å². The molecule has 0 aliphatic carbocycles. The minimum Gasteiger partial charge on any atom is -0.394 e. The topological polar surface area (TPSA) is 192 Å². The van der Waals surface area contributed by atoms with E-state index in [1.54, 1.807) is 6.08 Å². The van der Waals surface area contributed by atoms with Crippen molar-refractivity contribution in [3.8, 4) is 0 Å². The summed E-state index contributed by atoms with van der Waals surface area (Å²) in [5.41, 5.74) is 0. The zero-order valence-electron chi connectivity index (χ0n) is 53.6. The number of unbranched alkanes of at least 4 members (excludes halogenated alkanes) is 52. The maximum Gasteiger partial charge on any atom is 0.397 e. The molecule has 488 valence electrons. The summed E-state index contributed by atoms with van der Waals surface area (Å²) in [7, 11) is -5.09. The second-order valence-corrected chi connectivity index (χ2v) is 26.2. The normalized spacial score (nSPS) is 18.5. The van der Waals surface area contributed by atoms with Crippen LogP contribution in [0.2, 0.25) is 0 Å². The fourth-order valence-corrected chi connectivity index (χ4v) is 12.4. The molecule has 1 aliphatic rings. The van der Waals surface area contributed by atoms with Crippen LogP contribution in [0.15, 0.2) is 12.2 Å². The third-order valence-electron chi connectivity index (χ3n) is 17.3. The first-order valence-electron chi connectivity index (χ1n) is 35.6. The molecule has 1 aliphatic heterocycles. The molecule has 0 radical (unpaired) electrons. The Hall–Kier alpha value is -1.16. The van der Waals surface area contributed by atoms with Gasteiger partial charge in [0, 0.05) is 6.42 Å². The van der Waals surface area contributed by atoms with E-state index in [0.717, 1.165) is 38.5 Å². The molecule has 0 bridgehead atoms. The number of nitrogens with one attached hydrogen (secondary N) is 1. The molecule has 1 fully saturated rings. The molecule has 7 unspecified atom stereocenters. The standard InChI is InChI=1S/C69H135NO11S/c1-3-5-7-9-11-13-15-17-19-21-23-25-27-29-30-31-32-33-35-37-39-41-43-45-47-49-51-53-55-57-59-65(73)70-62(61-79-69-67(75)68(81-82(76,77)78)66(74)64(60-71)80-69)63(72)58-56-54-52-50-48-46-44-42-40-38-36-34-28-26-24-22-20-18-16-14-12-10-8-6-4-2/h56,58,62-64,66-69,71-72,74-75H,3-55,57,59-61H2,1-2H3,(H,70,73)(H,76,77,78)/b58-56+. The highest BCUT2D eigenvalue weighted by molar-refractivity contribution is 7.80. The lowest BCUT2D eigenvalue weighted by atomic mass is 9.99. The Morgan fingerprint density at radius 2 is 0.768 bits per heavy atom. The van der Waals surface area contributed by atoms with Gasteiger partial charge in [0.05, 0.1) is 25.4 Å². The number of carbonyl (C=O) groups is 1. The molecule has 0 aromatic heterocycles. The Morgan fingerprint density at radius 3 is 1.06 bits per heavy atom. The van der Waals surface area contributed by atoms with Gasteiger partial charge in [0.15, 0.2) is 6.29 Å². The van der Waals surface area contributed by atoms with Crippen molar-refractivity contribution in [3.63, 3.8) is 0 Å². The van der Waals surface area contributed by atoms with Crippen LogP contribution in [0.5, 0.6) is 0 Å². The van der Waals surface area contributed by atoms with Gasteiger partial charge in [-0.05, 0) is 19.3 Å². The lowest BCUT2D eigenvalue weighted by Crippen LogP contribution is -2.61. The van der Waals surface area contributed by atoms with Crippen molar-refractivity contribution in [1.29, 1.82) is 0 Å². The van der Waals surface area contributed by atoms with E-state index in [0.29, 0.717) is 6.42 Å². The molecule has 0 aromatic carbocycles. The number of aliphatic hydroxyl groups excluding tert-OH is 4. The van der Waals surface area contributed by atoms with Crippen LogP contribution in [0.4, 0.5) is 0 Å². The van der Waals surface area contributed by atoms with Crippen LogP contribution >= 0.6 is 0 Å². The monoisotopic (exact) mass is 1190 g/mol. The molecule has 1 saturated heterocycles. The summed E-state index contributed by atoms with van der Waals surface area (Å²) in [6.45, 7) is 3.47. The zero-order chi connectivity index (χ0) is 59.7. The fourth-order valence-electron chi connectivity index (χ4n) is 11.9. The molecular formula is C69H135NO11S. The number of aliphatic hydroxyl groups is 4. The summed E-state index contributed by atoms with van der Waals surface area (Å²) in [6, 6.07) is -0.942. The first kappa shape index (κ1) is 78.9. The van der Waals surface area contributed by atoms with Gasteiger partial charge in [0.2, 0.25) is 5.91 Å². The number of amides is 1. The second kappa shape index (κ2) is 58.8. The molecule has 1 amide bonds. The maximum absolute atomic E-state index is 13.2. The largest absolute Gasteiger partial charge is 0.397 e. The third-order valence-corrected chi connectivity index (χ3v) is 17.8. The zero-order valence-corrected chi connectivity index (χ0v) is 54.4. The molecule has 0 aromatic rings. The van der Waals surface area contributed by atoms with Gasteiger partial charge in [-0.2, -0.15) is 8.42 Å². The van der Waals surface area contributed by atoms with Crippen LogP contribution in [-0.4, -0.2) is 95.4 Å². The number of hydrogen-bond donors (Lipinski definition) is 6. The molecule has 1 heterocycles. The van der Waals surface area contributed by atoms with E-state index >= 15 is 0 Å². The highest BCUT2D eigenvalue weighted by Gasteiger charge is 2.48. The van der Waals surface area contributed by atoms with Gasteiger partial charge in [-0.3, -0.25) is 9.35 Å². The molecule has 0 spiro atoms. The average molecular weight is 1190 g/mol. The van der Waals surface area contributed by atoms with Gasteiger partial charge in [-0.15, -0.1) is 0 Å².